The maximum absolute atomic E-state index is 12.4. The Balaban J connectivity index is 1.64. The molecule has 3 heteroatoms. The van der Waals surface area contributed by atoms with Gasteiger partial charge in [0, 0.05) is 32.6 Å². The Labute approximate surface area is 137 Å². The molecular formula is C19H36N2O. The number of carbonyl (C=O) groups is 1. The number of rotatable bonds is 6. The van der Waals surface area contributed by atoms with E-state index in [1.165, 1.54) is 38.8 Å². The number of hydrogen-bond donors (Lipinski definition) is 0. The molecule has 0 N–H and O–H groups in total. The van der Waals surface area contributed by atoms with E-state index >= 15 is 0 Å². The first kappa shape index (κ1) is 17.8. The smallest absolute Gasteiger partial charge is 0.223 e. The van der Waals surface area contributed by atoms with Gasteiger partial charge in [-0.25, -0.2) is 0 Å². The number of nitrogens with zero attached hydrogens (tertiary/aromatic N) is 2. The third-order valence-corrected chi connectivity index (χ3v) is 5.65. The summed E-state index contributed by atoms with van der Waals surface area (Å²) in [4.78, 5) is 17.0. The van der Waals surface area contributed by atoms with Gasteiger partial charge in [-0.3, -0.25) is 4.79 Å². The molecule has 0 aromatic rings. The van der Waals surface area contributed by atoms with E-state index in [2.05, 4.69) is 37.5 Å². The monoisotopic (exact) mass is 308 g/mol. The standard InChI is InChI=1S/C19H36N2O/c1-15(2)13-17-5-9-20(14-17)10-8-19(22)21-11-6-18(7-12-21)16(3)4/h15-18H,5-14H2,1-4H3/t17-/m1/s1. The summed E-state index contributed by atoms with van der Waals surface area (Å²) >= 11 is 0. The lowest BCUT2D eigenvalue weighted by atomic mass is 9.86. The molecular weight excluding hydrogens is 272 g/mol. The molecule has 1 atom stereocenters. The molecule has 0 saturated carbocycles. The van der Waals surface area contributed by atoms with Crippen LogP contribution >= 0.6 is 0 Å². The van der Waals surface area contributed by atoms with Crippen molar-refractivity contribution in [2.45, 2.75) is 59.8 Å². The van der Waals surface area contributed by atoms with Crippen molar-refractivity contribution in [1.29, 1.82) is 0 Å². The van der Waals surface area contributed by atoms with Crippen molar-refractivity contribution < 1.29 is 4.79 Å². The highest BCUT2D eigenvalue weighted by atomic mass is 16.2. The van der Waals surface area contributed by atoms with Crippen molar-refractivity contribution in [3.8, 4) is 0 Å². The average Bonchev–Trinajstić information content (AvgIpc) is 2.91. The molecule has 0 aliphatic carbocycles. The van der Waals surface area contributed by atoms with Crippen molar-refractivity contribution >= 4 is 5.91 Å². The van der Waals surface area contributed by atoms with Crippen LogP contribution in [0.15, 0.2) is 0 Å². The van der Waals surface area contributed by atoms with Gasteiger partial charge in [0.05, 0.1) is 0 Å². The fourth-order valence-corrected chi connectivity index (χ4v) is 4.20. The summed E-state index contributed by atoms with van der Waals surface area (Å²) in [6.45, 7) is 14.6. The van der Waals surface area contributed by atoms with Gasteiger partial charge in [0.25, 0.3) is 0 Å². The van der Waals surface area contributed by atoms with Crippen LogP contribution in [0.3, 0.4) is 0 Å². The summed E-state index contributed by atoms with van der Waals surface area (Å²) in [6, 6.07) is 0. The van der Waals surface area contributed by atoms with Gasteiger partial charge in [0.2, 0.25) is 5.91 Å². The van der Waals surface area contributed by atoms with E-state index in [1.807, 2.05) is 0 Å². The van der Waals surface area contributed by atoms with Crippen LogP contribution < -0.4 is 0 Å². The number of hydrogen-bond acceptors (Lipinski definition) is 2. The summed E-state index contributed by atoms with van der Waals surface area (Å²) in [5.74, 6) is 3.62. The van der Waals surface area contributed by atoms with Crippen molar-refractivity contribution in [2.24, 2.45) is 23.7 Å². The van der Waals surface area contributed by atoms with Crippen LogP contribution in [-0.2, 0) is 4.79 Å². The first-order valence-corrected chi connectivity index (χ1v) is 9.45. The van der Waals surface area contributed by atoms with E-state index in [0.717, 1.165) is 49.7 Å². The van der Waals surface area contributed by atoms with Gasteiger partial charge in [0.1, 0.15) is 0 Å². The first-order chi connectivity index (χ1) is 10.5. The fourth-order valence-electron chi connectivity index (χ4n) is 4.20. The zero-order valence-electron chi connectivity index (χ0n) is 15.2. The summed E-state index contributed by atoms with van der Waals surface area (Å²) in [7, 11) is 0. The van der Waals surface area contributed by atoms with Crippen LogP contribution in [0.4, 0.5) is 0 Å². The van der Waals surface area contributed by atoms with E-state index in [9.17, 15) is 4.79 Å². The second-order valence-electron chi connectivity index (χ2n) is 8.30. The van der Waals surface area contributed by atoms with Gasteiger partial charge >= 0.3 is 0 Å². The van der Waals surface area contributed by atoms with Crippen LogP contribution in [-0.4, -0.2) is 48.4 Å². The molecule has 2 fully saturated rings. The van der Waals surface area contributed by atoms with E-state index in [1.54, 1.807) is 0 Å². The lowest BCUT2D eigenvalue weighted by Gasteiger charge is -2.34. The molecule has 0 spiro atoms. The van der Waals surface area contributed by atoms with Crippen molar-refractivity contribution in [3.63, 3.8) is 0 Å². The van der Waals surface area contributed by atoms with Crippen LogP contribution in [0.25, 0.3) is 0 Å². The van der Waals surface area contributed by atoms with Crippen LogP contribution in [0.5, 0.6) is 0 Å². The van der Waals surface area contributed by atoms with E-state index in [0.29, 0.717) is 5.91 Å². The molecule has 128 valence electrons. The molecule has 2 rings (SSSR count). The van der Waals surface area contributed by atoms with Gasteiger partial charge in [-0.15, -0.1) is 0 Å². The third kappa shape index (κ3) is 5.26. The molecule has 2 saturated heterocycles. The molecule has 2 aliphatic rings. The molecule has 0 aromatic heterocycles. The molecule has 3 nitrogen and oxygen atoms in total. The Bertz CT molecular complexity index is 345. The fraction of sp³-hybridized carbons (Fsp3) is 0.947. The SMILES string of the molecule is CC(C)C[C@H]1CCN(CCC(=O)N2CCC(C(C)C)CC2)C1. The molecule has 0 bridgehead atoms. The Hall–Kier alpha value is -0.570. The maximum atomic E-state index is 12.4. The lowest BCUT2D eigenvalue weighted by Crippen LogP contribution is -2.40. The lowest BCUT2D eigenvalue weighted by molar-refractivity contribution is -0.133. The zero-order valence-corrected chi connectivity index (χ0v) is 15.2. The van der Waals surface area contributed by atoms with Gasteiger partial charge in [0.15, 0.2) is 0 Å². The van der Waals surface area contributed by atoms with E-state index < -0.39 is 0 Å². The quantitative estimate of drug-likeness (QED) is 0.748. The first-order valence-electron chi connectivity index (χ1n) is 9.45. The highest BCUT2D eigenvalue weighted by molar-refractivity contribution is 5.76. The van der Waals surface area contributed by atoms with Crippen molar-refractivity contribution in [1.82, 2.24) is 9.80 Å². The van der Waals surface area contributed by atoms with Gasteiger partial charge in [-0.05, 0) is 55.9 Å². The summed E-state index contributed by atoms with van der Waals surface area (Å²) in [5.41, 5.74) is 0. The molecule has 0 radical (unpaired) electrons. The van der Waals surface area contributed by atoms with Gasteiger partial charge < -0.3 is 9.80 Å². The predicted octanol–water partition coefficient (Wildman–Crippen LogP) is 3.64. The minimum atomic E-state index is 0.384. The molecule has 2 heterocycles. The van der Waals surface area contributed by atoms with E-state index in [4.69, 9.17) is 0 Å². The van der Waals surface area contributed by atoms with Gasteiger partial charge in [-0.1, -0.05) is 27.7 Å². The largest absolute Gasteiger partial charge is 0.343 e. The minimum Gasteiger partial charge on any atom is -0.343 e. The molecule has 0 aromatic carbocycles. The van der Waals surface area contributed by atoms with Crippen LogP contribution in [0.1, 0.15) is 59.8 Å². The summed E-state index contributed by atoms with van der Waals surface area (Å²) in [6.07, 6.45) is 5.78. The Morgan fingerprint density at radius 2 is 1.73 bits per heavy atom. The summed E-state index contributed by atoms with van der Waals surface area (Å²) in [5, 5.41) is 0. The number of carbonyl (C=O) groups excluding carboxylic acids is 1. The molecule has 2 aliphatic heterocycles. The summed E-state index contributed by atoms with van der Waals surface area (Å²) < 4.78 is 0. The molecule has 0 unspecified atom stereocenters. The number of amides is 1. The van der Waals surface area contributed by atoms with Crippen LogP contribution in [0.2, 0.25) is 0 Å². The maximum Gasteiger partial charge on any atom is 0.223 e. The van der Waals surface area contributed by atoms with Crippen LogP contribution in [0, 0.1) is 23.7 Å². The third-order valence-electron chi connectivity index (χ3n) is 5.65. The number of likely N-dealkylation sites (tertiary alicyclic amines) is 2. The normalized spacial score (nSPS) is 24.6. The second kappa shape index (κ2) is 8.33. The number of piperidine rings is 1. The Kier molecular flexibility index (Phi) is 6.73. The van der Waals surface area contributed by atoms with Crippen molar-refractivity contribution in [3.05, 3.63) is 0 Å². The average molecular weight is 309 g/mol. The highest BCUT2D eigenvalue weighted by Gasteiger charge is 2.26. The predicted molar refractivity (Wildman–Crippen MR) is 92.8 cm³/mol. The second-order valence-corrected chi connectivity index (χ2v) is 8.30. The molecule has 22 heavy (non-hydrogen) atoms. The molecule has 1 amide bonds. The van der Waals surface area contributed by atoms with E-state index in [-0.39, 0.29) is 0 Å². The van der Waals surface area contributed by atoms with Gasteiger partial charge in [-0.2, -0.15) is 0 Å². The zero-order chi connectivity index (χ0) is 16.1. The topological polar surface area (TPSA) is 23.6 Å². The highest BCUT2D eigenvalue weighted by Crippen LogP contribution is 2.25. The Morgan fingerprint density at radius 3 is 2.32 bits per heavy atom. The minimum absolute atomic E-state index is 0.384. The Morgan fingerprint density at radius 1 is 1.05 bits per heavy atom. The van der Waals surface area contributed by atoms with Crippen molar-refractivity contribution in [2.75, 3.05) is 32.7 Å².